The standard InChI is InChI=1S/C11H22N2/c1-9(12)10(11(2,3)4)13-7-5-6-8-13/h5-6,9-10H,7-8,12H2,1-4H3. The molecule has 0 saturated carbocycles. The average molecular weight is 182 g/mol. The Balaban J connectivity index is 2.68. The maximum absolute atomic E-state index is 6.03. The number of nitrogens with two attached hydrogens (primary N) is 1. The molecule has 1 aliphatic rings. The van der Waals surface area contributed by atoms with Crippen molar-refractivity contribution in [3.05, 3.63) is 12.2 Å². The fourth-order valence-corrected chi connectivity index (χ4v) is 2.39. The van der Waals surface area contributed by atoms with E-state index in [2.05, 4.69) is 44.7 Å². The second-order valence-corrected chi connectivity index (χ2v) is 5.10. The van der Waals surface area contributed by atoms with E-state index in [0.29, 0.717) is 6.04 Å². The molecular weight excluding hydrogens is 160 g/mol. The summed E-state index contributed by atoms with van der Waals surface area (Å²) in [7, 11) is 0. The first kappa shape index (κ1) is 10.7. The van der Waals surface area contributed by atoms with Crippen molar-refractivity contribution in [3.8, 4) is 0 Å². The Bertz CT molecular complexity index is 181. The first-order valence-corrected chi connectivity index (χ1v) is 5.07. The van der Waals surface area contributed by atoms with Crippen LogP contribution in [0, 0.1) is 5.41 Å². The van der Waals surface area contributed by atoms with Crippen LogP contribution in [-0.2, 0) is 0 Å². The van der Waals surface area contributed by atoms with Gasteiger partial charge in [-0.15, -0.1) is 0 Å². The molecular formula is C11H22N2. The molecule has 0 aromatic heterocycles. The molecule has 0 spiro atoms. The summed E-state index contributed by atoms with van der Waals surface area (Å²) in [6, 6.07) is 0.711. The first-order valence-electron chi connectivity index (χ1n) is 5.07. The summed E-state index contributed by atoms with van der Waals surface area (Å²) in [5.41, 5.74) is 6.30. The van der Waals surface area contributed by atoms with Crippen LogP contribution in [0.25, 0.3) is 0 Å². The molecule has 1 heterocycles. The molecule has 0 radical (unpaired) electrons. The van der Waals surface area contributed by atoms with Gasteiger partial charge >= 0.3 is 0 Å². The van der Waals surface area contributed by atoms with Crippen LogP contribution in [0.1, 0.15) is 27.7 Å². The van der Waals surface area contributed by atoms with Gasteiger partial charge in [-0.05, 0) is 12.3 Å². The molecule has 0 aliphatic carbocycles. The van der Waals surface area contributed by atoms with Gasteiger partial charge in [-0.3, -0.25) is 4.90 Å². The topological polar surface area (TPSA) is 29.3 Å². The molecule has 1 aliphatic heterocycles. The van der Waals surface area contributed by atoms with Crippen molar-refractivity contribution in [1.29, 1.82) is 0 Å². The Kier molecular flexibility index (Phi) is 3.14. The predicted octanol–water partition coefficient (Wildman–Crippen LogP) is 1.62. The van der Waals surface area contributed by atoms with Crippen LogP contribution in [0.2, 0.25) is 0 Å². The predicted molar refractivity (Wildman–Crippen MR) is 57.6 cm³/mol. The third-order valence-corrected chi connectivity index (χ3v) is 2.63. The summed E-state index contributed by atoms with van der Waals surface area (Å²) in [6.07, 6.45) is 4.45. The van der Waals surface area contributed by atoms with Crippen LogP contribution in [-0.4, -0.2) is 30.1 Å². The lowest BCUT2D eigenvalue weighted by atomic mass is 9.82. The highest BCUT2D eigenvalue weighted by Gasteiger charge is 2.33. The number of rotatable bonds is 2. The summed E-state index contributed by atoms with van der Waals surface area (Å²) in [4.78, 5) is 2.45. The highest BCUT2D eigenvalue weighted by Crippen LogP contribution is 2.27. The van der Waals surface area contributed by atoms with Gasteiger partial charge in [0, 0.05) is 25.2 Å². The maximum atomic E-state index is 6.03. The van der Waals surface area contributed by atoms with Gasteiger partial charge < -0.3 is 5.73 Å². The minimum Gasteiger partial charge on any atom is -0.327 e. The van der Waals surface area contributed by atoms with Crippen LogP contribution in [0.3, 0.4) is 0 Å². The molecule has 0 fully saturated rings. The third-order valence-electron chi connectivity index (χ3n) is 2.63. The maximum Gasteiger partial charge on any atom is 0.0299 e. The molecule has 2 unspecified atom stereocenters. The van der Waals surface area contributed by atoms with Gasteiger partial charge in [0.15, 0.2) is 0 Å². The molecule has 0 bridgehead atoms. The smallest absolute Gasteiger partial charge is 0.0299 e. The zero-order valence-electron chi connectivity index (χ0n) is 9.25. The normalized spacial score (nSPS) is 23.5. The quantitative estimate of drug-likeness (QED) is 0.658. The van der Waals surface area contributed by atoms with E-state index in [1.165, 1.54) is 0 Å². The van der Waals surface area contributed by atoms with Crippen molar-refractivity contribution in [2.24, 2.45) is 11.1 Å². The monoisotopic (exact) mass is 182 g/mol. The van der Waals surface area contributed by atoms with Crippen LogP contribution in [0.5, 0.6) is 0 Å². The van der Waals surface area contributed by atoms with Crippen molar-refractivity contribution in [1.82, 2.24) is 4.90 Å². The van der Waals surface area contributed by atoms with Crippen LogP contribution >= 0.6 is 0 Å². The molecule has 0 aromatic rings. The highest BCUT2D eigenvalue weighted by atomic mass is 15.2. The molecule has 2 heteroatoms. The lowest BCUT2D eigenvalue weighted by Gasteiger charge is -2.40. The Hall–Kier alpha value is -0.340. The van der Waals surface area contributed by atoms with Gasteiger partial charge in [0.25, 0.3) is 0 Å². The van der Waals surface area contributed by atoms with Gasteiger partial charge in [-0.2, -0.15) is 0 Å². The molecule has 0 aromatic carbocycles. The van der Waals surface area contributed by atoms with Crippen molar-refractivity contribution in [3.63, 3.8) is 0 Å². The summed E-state index contributed by atoms with van der Waals surface area (Å²) < 4.78 is 0. The van der Waals surface area contributed by atoms with E-state index in [4.69, 9.17) is 5.73 Å². The Morgan fingerprint density at radius 3 is 2.00 bits per heavy atom. The van der Waals surface area contributed by atoms with Gasteiger partial charge in [0.05, 0.1) is 0 Å². The van der Waals surface area contributed by atoms with Crippen molar-refractivity contribution in [2.75, 3.05) is 13.1 Å². The van der Waals surface area contributed by atoms with Crippen molar-refractivity contribution >= 4 is 0 Å². The molecule has 0 saturated heterocycles. The van der Waals surface area contributed by atoms with Crippen LogP contribution in [0.15, 0.2) is 12.2 Å². The number of nitrogens with zero attached hydrogens (tertiary/aromatic N) is 1. The number of hydrogen-bond donors (Lipinski definition) is 1. The van der Waals surface area contributed by atoms with Gasteiger partial charge in [0.1, 0.15) is 0 Å². The lowest BCUT2D eigenvalue weighted by Crippen LogP contribution is -2.52. The Morgan fingerprint density at radius 1 is 1.23 bits per heavy atom. The van der Waals surface area contributed by atoms with Gasteiger partial charge in [-0.1, -0.05) is 32.9 Å². The molecule has 13 heavy (non-hydrogen) atoms. The first-order chi connectivity index (χ1) is 5.93. The molecule has 2 N–H and O–H groups in total. The number of hydrogen-bond acceptors (Lipinski definition) is 2. The molecule has 2 atom stereocenters. The second-order valence-electron chi connectivity index (χ2n) is 5.10. The minimum absolute atomic E-state index is 0.236. The summed E-state index contributed by atoms with van der Waals surface area (Å²) in [5.74, 6) is 0. The third kappa shape index (κ3) is 2.55. The van der Waals surface area contributed by atoms with Gasteiger partial charge in [-0.25, -0.2) is 0 Å². The van der Waals surface area contributed by atoms with E-state index >= 15 is 0 Å². The molecule has 0 amide bonds. The van der Waals surface area contributed by atoms with Crippen LogP contribution in [0.4, 0.5) is 0 Å². The van der Waals surface area contributed by atoms with E-state index in [1.54, 1.807) is 0 Å². The van der Waals surface area contributed by atoms with E-state index in [9.17, 15) is 0 Å². The van der Waals surface area contributed by atoms with E-state index in [-0.39, 0.29) is 11.5 Å². The van der Waals surface area contributed by atoms with Crippen molar-refractivity contribution in [2.45, 2.75) is 39.8 Å². The van der Waals surface area contributed by atoms with E-state index < -0.39 is 0 Å². The summed E-state index contributed by atoms with van der Waals surface area (Å²) >= 11 is 0. The zero-order chi connectivity index (χ0) is 10.1. The highest BCUT2D eigenvalue weighted by molar-refractivity contribution is 5.01. The fourth-order valence-electron chi connectivity index (χ4n) is 2.39. The average Bonchev–Trinajstić information content (AvgIpc) is 2.34. The largest absolute Gasteiger partial charge is 0.327 e. The lowest BCUT2D eigenvalue weighted by molar-refractivity contribution is 0.110. The van der Waals surface area contributed by atoms with E-state index in [1.807, 2.05) is 0 Å². The molecule has 2 nitrogen and oxygen atoms in total. The summed E-state index contributed by atoms with van der Waals surface area (Å²) in [6.45, 7) is 11.0. The van der Waals surface area contributed by atoms with Crippen molar-refractivity contribution < 1.29 is 0 Å². The summed E-state index contributed by atoms with van der Waals surface area (Å²) in [5, 5.41) is 0. The minimum atomic E-state index is 0.236. The second kappa shape index (κ2) is 3.81. The Labute approximate surface area is 81.8 Å². The van der Waals surface area contributed by atoms with Crippen LogP contribution < -0.4 is 5.73 Å². The molecule has 76 valence electrons. The van der Waals surface area contributed by atoms with Gasteiger partial charge in [0.2, 0.25) is 0 Å². The fraction of sp³-hybridized carbons (Fsp3) is 0.818. The molecule has 1 rings (SSSR count). The Morgan fingerprint density at radius 2 is 1.69 bits per heavy atom. The zero-order valence-corrected chi connectivity index (χ0v) is 9.25. The van der Waals surface area contributed by atoms with E-state index in [0.717, 1.165) is 13.1 Å². The SMILES string of the molecule is CC(N)C(N1CC=CC1)C(C)(C)C.